The summed E-state index contributed by atoms with van der Waals surface area (Å²) in [6.07, 6.45) is 0. The second kappa shape index (κ2) is 4.78. The van der Waals surface area contributed by atoms with Gasteiger partial charge in [-0.2, -0.15) is 0 Å². The van der Waals surface area contributed by atoms with E-state index in [1.807, 2.05) is 26.0 Å². The van der Waals surface area contributed by atoms with E-state index in [0.717, 1.165) is 11.1 Å². The Hall–Kier alpha value is -1.87. The molecule has 0 unspecified atom stereocenters. The number of hydrogen-bond acceptors (Lipinski definition) is 2. The van der Waals surface area contributed by atoms with Crippen LogP contribution < -0.4 is 0 Å². The Morgan fingerprint density at radius 1 is 1.22 bits per heavy atom. The predicted molar refractivity (Wildman–Crippen MR) is 71.1 cm³/mol. The van der Waals surface area contributed by atoms with E-state index in [9.17, 15) is 4.79 Å². The minimum Gasteiger partial charge on any atom is -0.478 e. The molecule has 1 aromatic heterocycles. The average Bonchev–Trinajstić information content (AvgIpc) is 2.28. The average molecular weight is 262 g/mol. The first-order chi connectivity index (χ1) is 8.49. The van der Waals surface area contributed by atoms with Gasteiger partial charge in [-0.1, -0.05) is 35.4 Å². The Morgan fingerprint density at radius 2 is 1.94 bits per heavy atom. The van der Waals surface area contributed by atoms with E-state index in [2.05, 4.69) is 11.1 Å². The smallest absolute Gasteiger partial charge is 0.338 e. The highest BCUT2D eigenvalue weighted by Gasteiger charge is 2.12. The van der Waals surface area contributed by atoms with E-state index in [0.29, 0.717) is 5.69 Å². The molecule has 1 aromatic carbocycles. The SMILES string of the molecule is Cc1ccc(-c2ccc(C(=O)O)c(Cl)n2)c(C)c1. The third-order valence-corrected chi connectivity index (χ3v) is 3.03. The fourth-order valence-electron chi connectivity index (χ4n) is 1.84. The van der Waals surface area contributed by atoms with Crippen molar-refractivity contribution in [1.29, 1.82) is 0 Å². The third kappa shape index (κ3) is 2.36. The topological polar surface area (TPSA) is 50.2 Å². The molecular weight excluding hydrogens is 250 g/mol. The molecule has 0 aliphatic heterocycles. The van der Waals surface area contributed by atoms with Gasteiger partial charge in [0.2, 0.25) is 0 Å². The quantitative estimate of drug-likeness (QED) is 0.839. The van der Waals surface area contributed by atoms with Crippen LogP contribution in [-0.2, 0) is 0 Å². The largest absolute Gasteiger partial charge is 0.478 e. The molecule has 0 atom stereocenters. The maximum atomic E-state index is 10.9. The van der Waals surface area contributed by atoms with Crippen LogP contribution in [0.2, 0.25) is 5.15 Å². The fraction of sp³-hybridized carbons (Fsp3) is 0.143. The molecule has 0 saturated heterocycles. The summed E-state index contributed by atoms with van der Waals surface area (Å²) in [6, 6.07) is 9.15. The summed E-state index contributed by atoms with van der Waals surface area (Å²) in [5.74, 6) is -1.07. The Bertz CT molecular complexity index is 623. The predicted octanol–water partition coefficient (Wildman–Crippen LogP) is 3.72. The minimum absolute atomic E-state index is 0.0139. The van der Waals surface area contributed by atoms with Gasteiger partial charge in [-0.15, -0.1) is 0 Å². The normalized spacial score (nSPS) is 10.4. The highest BCUT2D eigenvalue weighted by Crippen LogP contribution is 2.25. The zero-order chi connectivity index (χ0) is 13.3. The van der Waals surface area contributed by atoms with Crippen LogP contribution in [0.5, 0.6) is 0 Å². The molecule has 0 amide bonds. The first kappa shape index (κ1) is 12.6. The number of halogens is 1. The van der Waals surface area contributed by atoms with E-state index in [1.165, 1.54) is 11.6 Å². The summed E-state index contributed by atoms with van der Waals surface area (Å²) in [5.41, 5.74) is 3.92. The molecular formula is C14H12ClNO2. The number of rotatable bonds is 2. The number of aromatic nitrogens is 1. The van der Waals surface area contributed by atoms with E-state index in [1.54, 1.807) is 6.07 Å². The molecule has 0 saturated carbocycles. The molecule has 0 aliphatic carbocycles. The van der Waals surface area contributed by atoms with Gasteiger partial charge in [-0.05, 0) is 31.5 Å². The second-order valence-corrected chi connectivity index (χ2v) is 4.52. The molecule has 0 fully saturated rings. The van der Waals surface area contributed by atoms with Gasteiger partial charge in [-0.3, -0.25) is 0 Å². The summed E-state index contributed by atoms with van der Waals surface area (Å²) in [4.78, 5) is 15.0. The van der Waals surface area contributed by atoms with Crippen LogP contribution in [0.15, 0.2) is 30.3 Å². The van der Waals surface area contributed by atoms with Gasteiger partial charge in [0.1, 0.15) is 5.15 Å². The number of aryl methyl sites for hydroxylation is 2. The molecule has 18 heavy (non-hydrogen) atoms. The lowest BCUT2D eigenvalue weighted by Gasteiger charge is -2.07. The molecule has 2 rings (SSSR count). The highest BCUT2D eigenvalue weighted by atomic mass is 35.5. The van der Waals surface area contributed by atoms with Gasteiger partial charge >= 0.3 is 5.97 Å². The van der Waals surface area contributed by atoms with Crippen LogP contribution in [0.3, 0.4) is 0 Å². The van der Waals surface area contributed by atoms with Crippen LogP contribution in [0.25, 0.3) is 11.3 Å². The van der Waals surface area contributed by atoms with Crippen molar-refractivity contribution in [3.05, 3.63) is 52.2 Å². The number of pyridine rings is 1. The molecule has 0 radical (unpaired) electrons. The molecule has 3 nitrogen and oxygen atoms in total. The number of aromatic carboxylic acids is 1. The van der Waals surface area contributed by atoms with Gasteiger partial charge in [0, 0.05) is 5.56 Å². The lowest BCUT2D eigenvalue weighted by Crippen LogP contribution is -2.00. The summed E-state index contributed by atoms with van der Waals surface area (Å²) >= 11 is 5.87. The molecule has 2 aromatic rings. The Labute approximate surface area is 110 Å². The van der Waals surface area contributed by atoms with Gasteiger partial charge in [0.25, 0.3) is 0 Å². The maximum absolute atomic E-state index is 10.9. The zero-order valence-corrected chi connectivity index (χ0v) is 10.8. The summed E-state index contributed by atoms with van der Waals surface area (Å²) in [7, 11) is 0. The van der Waals surface area contributed by atoms with Crippen molar-refractivity contribution in [2.45, 2.75) is 13.8 Å². The first-order valence-corrected chi connectivity index (χ1v) is 5.84. The molecule has 0 aliphatic rings. The third-order valence-electron chi connectivity index (χ3n) is 2.74. The van der Waals surface area contributed by atoms with Crippen LogP contribution in [0.1, 0.15) is 21.5 Å². The van der Waals surface area contributed by atoms with Gasteiger partial charge in [-0.25, -0.2) is 9.78 Å². The standard InChI is InChI=1S/C14H12ClNO2/c1-8-3-4-10(9(2)7-8)12-6-5-11(14(17)18)13(15)16-12/h3-7H,1-2H3,(H,17,18). The number of benzene rings is 1. The number of carboxylic acid groups (broad SMARTS) is 1. The van der Waals surface area contributed by atoms with Crippen LogP contribution in [0.4, 0.5) is 0 Å². The molecule has 4 heteroatoms. The molecule has 1 N–H and O–H groups in total. The van der Waals surface area contributed by atoms with E-state index >= 15 is 0 Å². The summed E-state index contributed by atoms with van der Waals surface area (Å²) in [5, 5.41) is 8.91. The van der Waals surface area contributed by atoms with Crippen molar-refractivity contribution in [2.24, 2.45) is 0 Å². The molecule has 0 bridgehead atoms. The van der Waals surface area contributed by atoms with Gasteiger partial charge in [0.15, 0.2) is 0 Å². The highest BCUT2D eigenvalue weighted by molar-refractivity contribution is 6.32. The second-order valence-electron chi connectivity index (χ2n) is 4.16. The Balaban J connectivity index is 2.52. The zero-order valence-electron chi connectivity index (χ0n) is 10.1. The summed E-state index contributed by atoms with van der Waals surface area (Å²) in [6.45, 7) is 4.01. The number of nitrogens with zero attached hydrogens (tertiary/aromatic N) is 1. The van der Waals surface area contributed by atoms with E-state index in [-0.39, 0.29) is 10.7 Å². The Morgan fingerprint density at radius 3 is 2.50 bits per heavy atom. The maximum Gasteiger partial charge on any atom is 0.338 e. The van der Waals surface area contributed by atoms with E-state index < -0.39 is 5.97 Å². The van der Waals surface area contributed by atoms with Crippen molar-refractivity contribution >= 4 is 17.6 Å². The number of carboxylic acids is 1. The monoisotopic (exact) mass is 261 g/mol. The first-order valence-electron chi connectivity index (χ1n) is 5.46. The van der Waals surface area contributed by atoms with Crippen LogP contribution in [0, 0.1) is 13.8 Å². The van der Waals surface area contributed by atoms with Crippen LogP contribution >= 0.6 is 11.6 Å². The van der Waals surface area contributed by atoms with Crippen molar-refractivity contribution in [3.8, 4) is 11.3 Å². The molecule has 92 valence electrons. The number of hydrogen-bond donors (Lipinski definition) is 1. The summed E-state index contributed by atoms with van der Waals surface area (Å²) < 4.78 is 0. The number of carbonyl (C=O) groups is 1. The Kier molecular flexibility index (Phi) is 3.34. The lowest BCUT2D eigenvalue weighted by atomic mass is 10.0. The van der Waals surface area contributed by atoms with Gasteiger partial charge in [0.05, 0.1) is 11.3 Å². The molecule has 1 heterocycles. The van der Waals surface area contributed by atoms with Crippen LogP contribution in [-0.4, -0.2) is 16.1 Å². The fourth-order valence-corrected chi connectivity index (χ4v) is 2.08. The van der Waals surface area contributed by atoms with Crippen molar-refractivity contribution in [2.75, 3.05) is 0 Å². The molecule has 0 spiro atoms. The minimum atomic E-state index is -1.07. The van der Waals surface area contributed by atoms with Crippen molar-refractivity contribution in [3.63, 3.8) is 0 Å². The van der Waals surface area contributed by atoms with Gasteiger partial charge < -0.3 is 5.11 Å². The van der Waals surface area contributed by atoms with Crippen molar-refractivity contribution < 1.29 is 9.90 Å². The lowest BCUT2D eigenvalue weighted by molar-refractivity contribution is 0.0696. The van der Waals surface area contributed by atoms with Crippen molar-refractivity contribution in [1.82, 2.24) is 4.98 Å². The van der Waals surface area contributed by atoms with E-state index in [4.69, 9.17) is 16.7 Å².